The van der Waals surface area contributed by atoms with Gasteiger partial charge in [0.2, 0.25) is 0 Å². The molecule has 0 aliphatic rings. The van der Waals surface area contributed by atoms with Gasteiger partial charge in [0.25, 0.3) is 0 Å². The highest BCUT2D eigenvalue weighted by atomic mass is 32.1. The Bertz CT molecular complexity index is 2090. The third-order valence-electron chi connectivity index (χ3n) is 5.54. The molecule has 7 rings (SSSR count). The number of rotatable bonds is 3. The minimum atomic E-state index is 0.271. The van der Waals surface area contributed by atoms with Gasteiger partial charge in [-0.3, -0.25) is 0 Å². The van der Waals surface area contributed by atoms with E-state index in [1.165, 1.54) is 56.4 Å². The maximum Gasteiger partial charge on any atom is 0.0961 e. The molecule has 0 amide bonds. The first-order chi connectivity index (χ1) is 16.6. The minimum absolute atomic E-state index is 0.271. The van der Waals surface area contributed by atoms with Crippen molar-refractivity contribution in [1.82, 2.24) is 0 Å². The normalized spacial score (nSPS) is 13.4. The lowest BCUT2D eigenvalue weighted by molar-refractivity contribution is 1.20. The molecule has 0 unspecified atom stereocenters. The molecule has 2 N–H and O–H groups in total. The fraction of sp³-hybridized carbons (Fsp3) is 0.0833. The zero-order valence-electron chi connectivity index (χ0n) is 17.3. The Balaban J connectivity index is 1.42. The SMILES string of the molecule is C/C(C#N)=C\c1cc2sc3c(sc4c3sc3c5sc6cc(/C=C(/C#N)CN)sc6c5sc34)c2s1. The average Bonchev–Trinajstić information content (AvgIpc) is 3.63. The van der Waals surface area contributed by atoms with Crippen LogP contribution in [-0.2, 0) is 0 Å². The van der Waals surface area contributed by atoms with Crippen molar-refractivity contribution in [2.24, 2.45) is 5.73 Å². The highest BCUT2D eigenvalue weighted by Gasteiger charge is 2.23. The van der Waals surface area contributed by atoms with Crippen LogP contribution in [0.2, 0.25) is 0 Å². The Morgan fingerprint density at radius 2 is 1.12 bits per heavy atom. The van der Waals surface area contributed by atoms with Crippen LogP contribution in [0.3, 0.4) is 0 Å². The third-order valence-corrected chi connectivity index (χ3v) is 15.1. The largest absolute Gasteiger partial charge is 0.326 e. The predicted octanol–water partition coefficient (Wildman–Crippen LogP) is 9.83. The van der Waals surface area contributed by atoms with Crippen molar-refractivity contribution >= 4 is 148 Å². The van der Waals surface area contributed by atoms with E-state index in [2.05, 4.69) is 24.3 Å². The molecule has 0 aliphatic carbocycles. The lowest BCUT2D eigenvalue weighted by Crippen LogP contribution is -2.00. The van der Waals surface area contributed by atoms with Crippen molar-refractivity contribution in [3.05, 3.63) is 33.0 Å². The van der Waals surface area contributed by atoms with E-state index in [1.807, 2.05) is 75.8 Å². The molecule has 0 aromatic carbocycles. The van der Waals surface area contributed by atoms with E-state index in [-0.39, 0.29) is 6.54 Å². The van der Waals surface area contributed by atoms with Gasteiger partial charge in [-0.1, -0.05) is 0 Å². The second kappa shape index (κ2) is 7.69. The molecule has 3 nitrogen and oxygen atoms in total. The van der Waals surface area contributed by atoms with Crippen LogP contribution in [0.25, 0.3) is 68.6 Å². The van der Waals surface area contributed by atoms with Gasteiger partial charge in [-0.15, -0.1) is 79.4 Å². The fourth-order valence-corrected chi connectivity index (χ4v) is 14.5. The van der Waals surface area contributed by atoms with E-state index < -0.39 is 0 Å². The molecule has 7 heterocycles. The van der Waals surface area contributed by atoms with Gasteiger partial charge in [0.1, 0.15) is 0 Å². The van der Waals surface area contributed by atoms with Gasteiger partial charge >= 0.3 is 0 Å². The molecule has 0 spiro atoms. The van der Waals surface area contributed by atoms with Crippen LogP contribution in [0.4, 0.5) is 0 Å². The quantitative estimate of drug-likeness (QED) is 0.217. The van der Waals surface area contributed by atoms with Gasteiger partial charge in [-0.05, 0) is 31.2 Å². The summed E-state index contributed by atoms with van der Waals surface area (Å²) in [6.45, 7) is 2.13. The summed E-state index contributed by atoms with van der Waals surface area (Å²) in [7, 11) is 0. The Kier molecular flexibility index (Phi) is 4.79. The van der Waals surface area contributed by atoms with E-state index in [0.29, 0.717) is 5.57 Å². The molecule has 7 aromatic rings. The van der Waals surface area contributed by atoms with Crippen molar-refractivity contribution in [3.63, 3.8) is 0 Å². The number of fused-ring (bicyclic) bond motifs is 11. The summed E-state index contributed by atoms with van der Waals surface area (Å²) in [4.78, 5) is 2.25. The van der Waals surface area contributed by atoms with E-state index >= 15 is 0 Å². The molecule has 10 heteroatoms. The summed E-state index contributed by atoms with van der Waals surface area (Å²) >= 11 is 13.1. The third kappa shape index (κ3) is 2.95. The van der Waals surface area contributed by atoms with Crippen molar-refractivity contribution < 1.29 is 0 Å². The average molecular weight is 566 g/mol. The number of nitrogens with zero attached hydrogens (tertiary/aromatic N) is 2. The minimum Gasteiger partial charge on any atom is -0.326 e. The van der Waals surface area contributed by atoms with Crippen LogP contribution >= 0.6 is 79.4 Å². The monoisotopic (exact) mass is 565 g/mol. The van der Waals surface area contributed by atoms with Crippen molar-refractivity contribution in [1.29, 1.82) is 10.5 Å². The smallest absolute Gasteiger partial charge is 0.0961 e. The first kappa shape index (κ1) is 21.2. The molecule has 0 fully saturated rings. The zero-order chi connectivity index (χ0) is 23.1. The Morgan fingerprint density at radius 3 is 1.56 bits per heavy atom. The van der Waals surface area contributed by atoms with Gasteiger partial charge in [-0.25, -0.2) is 0 Å². The summed E-state index contributed by atoms with van der Waals surface area (Å²) < 4.78 is 16.5. The second-order valence-electron chi connectivity index (χ2n) is 7.75. The van der Waals surface area contributed by atoms with Gasteiger partial charge in [0.15, 0.2) is 0 Å². The summed E-state index contributed by atoms with van der Waals surface area (Å²) in [5.74, 6) is 0. The van der Waals surface area contributed by atoms with Gasteiger partial charge in [0.05, 0.1) is 59.1 Å². The van der Waals surface area contributed by atoms with Crippen molar-refractivity contribution in [2.45, 2.75) is 6.92 Å². The molecule has 0 saturated carbocycles. The lowest BCUT2D eigenvalue weighted by atomic mass is 10.2. The standard InChI is InChI=1S/C24H11N3S7/c1-9(6-25)2-11-4-13-15(28-11)17-19(30-13)21-23(32-17)24-22(34-21)20-18(33-24)16-14(31-20)5-12(29-16)3-10(7-26)8-27/h2-5H,7,26H2,1H3/b9-2+,10-3+. The number of allylic oxidation sites excluding steroid dienone is 1. The molecular weight excluding hydrogens is 555 g/mol. The van der Waals surface area contributed by atoms with Crippen LogP contribution in [-0.4, -0.2) is 6.54 Å². The first-order valence-electron chi connectivity index (χ1n) is 10.1. The predicted molar refractivity (Wildman–Crippen MR) is 159 cm³/mol. The van der Waals surface area contributed by atoms with Crippen LogP contribution in [0.15, 0.2) is 23.3 Å². The molecule has 0 radical (unpaired) electrons. The van der Waals surface area contributed by atoms with Crippen molar-refractivity contribution in [3.8, 4) is 12.1 Å². The lowest BCUT2D eigenvalue weighted by Gasteiger charge is -1.89. The van der Waals surface area contributed by atoms with Crippen LogP contribution in [0, 0.1) is 22.7 Å². The summed E-state index contributed by atoms with van der Waals surface area (Å²) in [5, 5.41) is 18.3. The van der Waals surface area contributed by atoms with E-state index in [1.54, 1.807) is 22.7 Å². The van der Waals surface area contributed by atoms with Crippen LogP contribution in [0.1, 0.15) is 16.7 Å². The summed E-state index contributed by atoms with van der Waals surface area (Å²) in [5.41, 5.74) is 7.02. The van der Waals surface area contributed by atoms with Crippen LogP contribution in [0.5, 0.6) is 0 Å². The molecular formula is C24H11N3S7. The van der Waals surface area contributed by atoms with Gasteiger partial charge in [0, 0.05) is 36.8 Å². The molecule has 0 bridgehead atoms. The van der Waals surface area contributed by atoms with Gasteiger partial charge < -0.3 is 5.73 Å². The molecule has 7 aromatic heterocycles. The summed E-state index contributed by atoms with van der Waals surface area (Å²) in [6.07, 6.45) is 3.90. The fourth-order valence-electron chi connectivity index (χ4n) is 4.04. The molecule has 0 atom stereocenters. The second-order valence-corrected chi connectivity index (χ2v) is 15.1. The number of thiophene rings is 7. The number of hydrogen-bond acceptors (Lipinski definition) is 10. The first-order valence-corrected chi connectivity index (χ1v) is 15.8. The van der Waals surface area contributed by atoms with E-state index in [9.17, 15) is 5.26 Å². The van der Waals surface area contributed by atoms with Gasteiger partial charge in [-0.2, -0.15) is 10.5 Å². The topological polar surface area (TPSA) is 73.6 Å². The zero-order valence-corrected chi connectivity index (χ0v) is 23.1. The molecule has 0 aliphatic heterocycles. The maximum absolute atomic E-state index is 9.21. The molecule has 34 heavy (non-hydrogen) atoms. The van der Waals surface area contributed by atoms with Crippen LogP contribution < -0.4 is 5.73 Å². The van der Waals surface area contributed by atoms with Crippen molar-refractivity contribution in [2.75, 3.05) is 6.54 Å². The molecule has 0 saturated heterocycles. The number of hydrogen-bond donors (Lipinski definition) is 1. The Morgan fingerprint density at radius 1 is 0.676 bits per heavy atom. The highest BCUT2D eigenvalue weighted by molar-refractivity contribution is 7.51. The highest BCUT2D eigenvalue weighted by Crippen LogP contribution is 2.57. The maximum atomic E-state index is 9.21. The number of nitrogens with two attached hydrogens (primary N) is 1. The molecule has 164 valence electrons. The van der Waals surface area contributed by atoms with E-state index in [0.717, 1.165) is 15.3 Å². The Hall–Kier alpha value is -2.12. The summed E-state index contributed by atoms with van der Waals surface area (Å²) in [6, 6.07) is 8.82. The van der Waals surface area contributed by atoms with E-state index in [4.69, 9.17) is 11.0 Å². The number of nitriles is 2. The Labute approximate surface area is 221 Å².